The molecule has 2 aromatic heterocycles. The van der Waals surface area contributed by atoms with E-state index in [0.29, 0.717) is 34.0 Å². The summed E-state index contributed by atoms with van der Waals surface area (Å²) in [7, 11) is 2.92. The highest BCUT2D eigenvalue weighted by molar-refractivity contribution is 6.33. The number of carbonyl (C=O) groups excluding carboxylic acids is 2. The van der Waals surface area contributed by atoms with Gasteiger partial charge in [-0.3, -0.25) is 9.59 Å². The molecule has 0 fully saturated rings. The molecule has 0 saturated carbocycles. The number of methoxy groups -OCH3 is 2. The van der Waals surface area contributed by atoms with Crippen LogP contribution >= 0.6 is 11.6 Å². The Bertz CT molecular complexity index is 1670. The molecular weight excluding hydrogens is 579 g/mol. The van der Waals surface area contributed by atoms with Crippen LogP contribution in [0.5, 0.6) is 11.6 Å². The molecule has 2 amide bonds. The van der Waals surface area contributed by atoms with Crippen LogP contribution < -0.4 is 20.1 Å². The van der Waals surface area contributed by atoms with Crippen LogP contribution in [0.2, 0.25) is 5.02 Å². The molecule has 0 saturated heterocycles. The van der Waals surface area contributed by atoms with Crippen molar-refractivity contribution < 1.29 is 28.6 Å². The summed E-state index contributed by atoms with van der Waals surface area (Å²) in [6, 6.07) is 10.9. The maximum atomic E-state index is 14.0. The lowest BCUT2D eigenvalue weighted by molar-refractivity contribution is -0.126. The van der Waals surface area contributed by atoms with Crippen LogP contribution in [0.25, 0.3) is 11.3 Å². The largest absolute Gasteiger partial charge is 0.497 e. The zero-order chi connectivity index (χ0) is 30.7. The van der Waals surface area contributed by atoms with Crippen molar-refractivity contribution >= 4 is 35.1 Å². The quantitative estimate of drug-likeness (QED) is 0.241. The lowest BCUT2D eigenvalue weighted by Crippen LogP contribution is -2.46. The fourth-order valence-electron chi connectivity index (χ4n) is 4.69. The van der Waals surface area contributed by atoms with E-state index in [4.69, 9.17) is 21.1 Å². The number of hydrogen-bond acceptors (Lipinski definition) is 9. The standard InChI is InChI=1S/C30H28ClFN6O5/c1-16(28(40)36-25(15-39)19-8-20(32)11-22(9-19)42-2)38-14-18-5-4-17(10-23(18)29(38)41)27-24(31)13-34-30(37-27)35-21-6-7-26(43-3)33-12-21/h4-13,16,25,39H,14-15H2,1-3H3,(H,36,40)(H,34,35,37). The number of anilines is 2. The Hall–Kier alpha value is -4.81. The predicted octanol–water partition coefficient (Wildman–Crippen LogP) is 4.29. The molecule has 43 heavy (non-hydrogen) atoms. The Balaban J connectivity index is 1.32. The van der Waals surface area contributed by atoms with E-state index in [2.05, 4.69) is 25.6 Å². The Morgan fingerprint density at radius 3 is 2.63 bits per heavy atom. The van der Waals surface area contributed by atoms with Crippen LogP contribution in [-0.2, 0) is 11.3 Å². The van der Waals surface area contributed by atoms with Crippen molar-refractivity contribution in [1.29, 1.82) is 0 Å². The summed E-state index contributed by atoms with van der Waals surface area (Å²) < 4.78 is 24.2. The Morgan fingerprint density at radius 2 is 1.93 bits per heavy atom. The smallest absolute Gasteiger partial charge is 0.255 e. The Labute approximate surface area is 251 Å². The molecule has 0 bridgehead atoms. The molecule has 11 nitrogen and oxygen atoms in total. The van der Waals surface area contributed by atoms with Gasteiger partial charge in [0.2, 0.25) is 17.7 Å². The van der Waals surface area contributed by atoms with Gasteiger partial charge in [0.25, 0.3) is 5.91 Å². The monoisotopic (exact) mass is 606 g/mol. The summed E-state index contributed by atoms with van der Waals surface area (Å²) >= 11 is 6.44. The maximum absolute atomic E-state index is 14.0. The number of rotatable bonds is 10. The molecular formula is C30H28ClFN6O5. The number of nitrogens with zero attached hydrogens (tertiary/aromatic N) is 4. The van der Waals surface area contributed by atoms with Crippen LogP contribution in [0.15, 0.2) is 60.9 Å². The van der Waals surface area contributed by atoms with E-state index in [0.717, 1.165) is 5.56 Å². The van der Waals surface area contributed by atoms with Crippen LogP contribution in [-0.4, -0.2) is 63.6 Å². The molecule has 3 heterocycles. The number of fused-ring (bicyclic) bond motifs is 1. The number of aliphatic hydroxyl groups is 1. The lowest BCUT2D eigenvalue weighted by Gasteiger charge is -2.26. The van der Waals surface area contributed by atoms with Gasteiger partial charge in [0.15, 0.2) is 0 Å². The first-order chi connectivity index (χ1) is 20.7. The molecule has 2 aromatic carbocycles. The average Bonchev–Trinajstić information content (AvgIpc) is 3.35. The van der Waals surface area contributed by atoms with Gasteiger partial charge >= 0.3 is 0 Å². The van der Waals surface area contributed by atoms with Gasteiger partial charge in [-0.2, -0.15) is 0 Å². The molecule has 5 rings (SSSR count). The van der Waals surface area contributed by atoms with Crippen molar-refractivity contribution in [1.82, 2.24) is 25.2 Å². The highest BCUT2D eigenvalue weighted by Crippen LogP contribution is 2.33. The first kappa shape index (κ1) is 29.7. The molecule has 2 atom stereocenters. The van der Waals surface area contributed by atoms with Gasteiger partial charge in [0.1, 0.15) is 17.6 Å². The number of halogens is 2. The number of pyridine rings is 1. The number of benzene rings is 2. The van der Waals surface area contributed by atoms with Crippen molar-refractivity contribution in [2.75, 3.05) is 26.1 Å². The van der Waals surface area contributed by atoms with Crippen LogP contribution in [0.1, 0.15) is 34.5 Å². The molecule has 1 aliphatic heterocycles. The van der Waals surface area contributed by atoms with Crippen molar-refractivity contribution in [3.63, 3.8) is 0 Å². The second-order valence-electron chi connectivity index (χ2n) is 9.75. The van der Waals surface area contributed by atoms with E-state index in [1.165, 1.54) is 43.5 Å². The number of nitrogens with one attached hydrogen (secondary N) is 2. The number of amides is 2. The third-order valence-electron chi connectivity index (χ3n) is 7.04. The van der Waals surface area contributed by atoms with Crippen molar-refractivity contribution in [3.05, 3.63) is 88.5 Å². The Morgan fingerprint density at radius 1 is 1.12 bits per heavy atom. The predicted molar refractivity (Wildman–Crippen MR) is 157 cm³/mol. The van der Waals surface area contributed by atoms with Gasteiger partial charge < -0.3 is 30.1 Å². The molecule has 0 aliphatic carbocycles. The van der Waals surface area contributed by atoms with E-state index >= 15 is 0 Å². The van der Waals surface area contributed by atoms with E-state index < -0.39 is 30.4 Å². The number of hydrogen-bond donors (Lipinski definition) is 3. The van der Waals surface area contributed by atoms with Crippen molar-refractivity contribution in [2.24, 2.45) is 0 Å². The maximum Gasteiger partial charge on any atom is 0.255 e. The number of aromatic nitrogens is 3. The molecule has 222 valence electrons. The second kappa shape index (κ2) is 12.6. The molecule has 4 aromatic rings. The number of carbonyl (C=O) groups is 2. The van der Waals surface area contributed by atoms with Gasteiger partial charge in [-0.15, -0.1) is 0 Å². The highest BCUT2D eigenvalue weighted by Gasteiger charge is 2.35. The van der Waals surface area contributed by atoms with Crippen molar-refractivity contribution in [2.45, 2.75) is 25.6 Å². The molecule has 3 N–H and O–H groups in total. The minimum absolute atomic E-state index is 0.204. The zero-order valence-corrected chi connectivity index (χ0v) is 24.2. The molecule has 13 heteroatoms. The van der Waals surface area contributed by atoms with Crippen LogP contribution in [0.4, 0.5) is 16.0 Å². The van der Waals surface area contributed by atoms with Gasteiger partial charge in [0.05, 0.1) is 55.7 Å². The zero-order valence-electron chi connectivity index (χ0n) is 23.5. The molecule has 2 unspecified atom stereocenters. The van der Waals surface area contributed by atoms with E-state index in [9.17, 15) is 19.1 Å². The summed E-state index contributed by atoms with van der Waals surface area (Å²) in [6.07, 6.45) is 3.04. The first-order valence-electron chi connectivity index (χ1n) is 13.2. The highest BCUT2D eigenvalue weighted by atomic mass is 35.5. The normalized spacial score (nSPS) is 13.7. The molecule has 1 aliphatic rings. The van der Waals surface area contributed by atoms with Crippen LogP contribution in [0.3, 0.4) is 0 Å². The minimum atomic E-state index is -0.900. The average molecular weight is 607 g/mol. The van der Waals surface area contributed by atoms with E-state index in [1.54, 1.807) is 43.5 Å². The third kappa shape index (κ3) is 6.35. The van der Waals surface area contributed by atoms with Gasteiger partial charge in [-0.1, -0.05) is 23.7 Å². The number of ether oxygens (including phenoxy) is 2. The summed E-state index contributed by atoms with van der Waals surface area (Å²) in [6.45, 7) is 1.32. The lowest BCUT2D eigenvalue weighted by atomic mass is 10.0. The van der Waals surface area contributed by atoms with Gasteiger partial charge in [-0.05, 0) is 42.3 Å². The SMILES string of the molecule is COc1cc(F)cc(C(CO)NC(=O)C(C)N2Cc3ccc(-c4nc(Nc5ccc(OC)nc5)ncc4Cl)cc3C2=O)c1. The first-order valence-corrected chi connectivity index (χ1v) is 13.6. The van der Waals surface area contributed by atoms with Gasteiger partial charge in [-0.25, -0.2) is 19.3 Å². The van der Waals surface area contributed by atoms with Gasteiger partial charge in [0, 0.05) is 29.8 Å². The summed E-state index contributed by atoms with van der Waals surface area (Å²) in [5, 5.41) is 16.0. The fraction of sp³-hybridized carbons (Fsp3) is 0.233. The van der Waals surface area contributed by atoms with Crippen LogP contribution in [0, 0.1) is 5.82 Å². The molecule has 0 spiro atoms. The fourth-order valence-corrected chi connectivity index (χ4v) is 4.89. The topological polar surface area (TPSA) is 139 Å². The summed E-state index contributed by atoms with van der Waals surface area (Å²) in [5.41, 5.74) is 3.12. The van der Waals surface area contributed by atoms with Crippen molar-refractivity contribution in [3.8, 4) is 22.9 Å². The Kier molecular flexibility index (Phi) is 8.69. The number of aliphatic hydroxyl groups excluding tert-OH is 1. The second-order valence-corrected chi connectivity index (χ2v) is 10.2. The van der Waals surface area contributed by atoms with E-state index in [1.807, 2.05) is 0 Å². The minimum Gasteiger partial charge on any atom is -0.497 e. The third-order valence-corrected chi connectivity index (χ3v) is 7.32. The van der Waals surface area contributed by atoms with E-state index in [-0.39, 0.29) is 29.2 Å². The summed E-state index contributed by atoms with van der Waals surface area (Å²) in [4.78, 5) is 41.0. The molecule has 0 radical (unpaired) electrons. The summed E-state index contributed by atoms with van der Waals surface area (Å²) in [5.74, 6) is -0.431.